The van der Waals surface area contributed by atoms with Crippen LogP contribution >= 0.6 is 0 Å². The second-order valence-electron chi connectivity index (χ2n) is 4.11. The van der Waals surface area contributed by atoms with Crippen molar-refractivity contribution >= 4 is 0 Å². The Kier molecular flexibility index (Phi) is 4.26. The molecule has 2 aromatic rings. The van der Waals surface area contributed by atoms with E-state index in [4.69, 9.17) is 4.74 Å². The number of hydrogen-bond donors (Lipinski definition) is 0. The normalized spacial score (nSPS) is 10.3. The summed E-state index contributed by atoms with van der Waals surface area (Å²) in [5.41, 5.74) is 4.27. The highest BCUT2D eigenvalue weighted by Crippen LogP contribution is 2.18. The van der Waals surface area contributed by atoms with Gasteiger partial charge in [0.2, 0.25) is 0 Å². The number of ether oxygens (including phenoxy) is 1. The molecule has 2 heteroatoms. The number of pyridine rings is 1. The van der Waals surface area contributed by atoms with Crippen LogP contribution in [-0.4, -0.2) is 11.6 Å². The second-order valence-corrected chi connectivity index (χ2v) is 4.11. The molecule has 0 unspecified atom stereocenters. The monoisotopic (exact) mass is 239 g/mol. The van der Waals surface area contributed by atoms with E-state index in [0.717, 1.165) is 22.5 Å². The van der Waals surface area contributed by atoms with E-state index in [9.17, 15) is 0 Å². The molecule has 0 spiro atoms. The standard InChI is InChI=1S/C16H17NO/c1-3-11-18-12-15-9-10-16(17-13(15)2)14-7-5-4-6-8-14/h3-10H,1,11-12H2,2H3. The number of rotatable bonds is 5. The highest BCUT2D eigenvalue weighted by Gasteiger charge is 2.03. The zero-order chi connectivity index (χ0) is 12.8. The molecule has 0 aliphatic rings. The molecule has 0 radical (unpaired) electrons. The molecule has 18 heavy (non-hydrogen) atoms. The third kappa shape index (κ3) is 3.05. The van der Waals surface area contributed by atoms with Gasteiger partial charge in [0.25, 0.3) is 0 Å². The van der Waals surface area contributed by atoms with Gasteiger partial charge in [0.1, 0.15) is 0 Å². The predicted molar refractivity (Wildman–Crippen MR) is 74.3 cm³/mol. The van der Waals surface area contributed by atoms with Crippen LogP contribution in [0.25, 0.3) is 11.3 Å². The van der Waals surface area contributed by atoms with Crippen molar-refractivity contribution in [2.45, 2.75) is 13.5 Å². The van der Waals surface area contributed by atoms with Gasteiger partial charge in [-0.15, -0.1) is 6.58 Å². The van der Waals surface area contributed by atoms with Gasteiger partial charge in [-0.25, -0.2) is 0 Å². The molecule has 2 nitrogen and oxygen atoms in total. The second kappa shape index (κ2) is 6.12. The Morgan fingerprint density at radius 1 is 1.17 bits per heavy atom. The van der Waals surface area contributed by atoms with Gasteiger partial charge >= 0.3 is 0 Å². The van der Waals surface area contributed by atoms with Gasteiger partial charge < -0.3 is 4.74 Å². The highest BCUT2D eigenvalue weighted by molar-refractivity contribution is 5.59. The molecule has 0 atom stereocenters. The SMILES string of the molecule is C=CCOCc1ccc(-c2ccccc2)nc1C. The molecular weight excluding hydrogens is 222 g/mol. The molecule has 0 N–H and O–H groups in total. The van der Waals surface area contributed by atoms with E-state index in [2.05, 4.69) is 29.8 Å². The van der Waals surface area contributed by atoms with Gasteiger partial charge in [-0.05, 0) is 18.6 Å². The third-order valence-corrected chi connectivity index (χ3v) is 2.76. The van der Waals surface area contributed by atoms with Crippen LogP contribution in [0.3, 0.4) is 0 Å². The van der Waals surface area contributed by atoms with Crippen LogP contribution in [0.4, 0.5) is 0 Å². The predicted octanol–water partition coefficient (Wildman–Crippen LogP) is 3.76. The quantitative estimate of drug-likeness (QED) is 0.585. The van der Waals surface area contributed by atoms with Crippen LogP contribution in [0.5, 0.6) is 0 Å². The Morgan fingerprint density at radius 2 is 1.94 bits per heavy atom. The van der Waals surface area contributed by atoms with Gasteiger partial charge in [-0.1, -0.05) is 42.5 Å². The molecule has 1 aromatic heterocycles. The molecule has 0 aliphatic carbocycles. The van der Waals surface area contributed by atoms with Crippen molar-refractivity contribution in [2.24, 2.45) is 0 Å². The number of nitrogens with zero attached hydrogens (tertiary/aromatic N) is 1. The van der Waals surface area contributed by atoms with E-state index in [-0.39, 0.29) is 0 Å². The molecule has 1 heterocycles. The lowest BCUT2D eigenvalue weighted by Gasteiger charge is -2.08. The van der Waals surface area contributed by atoms with Gasteiger partial charge in [-0.3, -0.25) is 4.98 Å². The zero-order valence-electron chi connectivity index (χ0n) is 10.6. The summed E-state index contributed by atoms with van der Waals surface area (Å²) in [6.45, 7) is 6.79. The summed E-state index contributed by atoms with van der Waals surface area (Å²) in [7, 11) is 0. The van der Waals surface area contributed by atoms with Gasteiger partial charge in [0, 0.05) is 11.3 Å². The first-order chi connectivity index (χ1) is 8.81. The maximum absolute atomic E-state index is 5.44. The number of hydrogen-bond acceptors (Lipinski definition) is 2. The van der Waals surface area contributed by atoms with Crippen molar-refractivity contribution < 1.29 is 4.74 Å². The van der Waals surface area contributed by atoms with Crippen molar-refractivity contribution in [3.8, 4) is 11.3 Å². The lowest BCUT2D eigenvalue weighted by molar-refractivity contribution is 0.148. The lowest BCUT2D eigenvalue weighted by atomic mass is 10.1. The minimum Gasteiger partial charge on any atom is -0.373 e. The van der Waals surface area contributed by atoms with E-state index < -0.39 is 0 Å². The first-order valence-electron chi connectivity index (χ1n) is 6.02. The van der Waals surface area contributed by atoms with E-state index in [1.807, 2.05) is 31.2 Å². The molecule has 0 fully saturated rings. The summed E-state index contributed by atoms with van der Waals surface area (Å²) >= 11 is 0. The number of aromatic nitrogens is 1. The van der Waals surface area contributed by atoms with Crippen molar-refractivity contribution in [3.63, 3.8) is 0 Å². The molecule has 0 saturated carbocycles. The summed E-state index contributed by atoms with van der Waals surface area (Å²) in [4.78, 5) is 4.62. The Labute approximate surface area is 108 Å². The summed E-state index contributed by atoms with van der Waals surface area (Å²) in [5, 5.41) is 0. The first-order valence-corrected chi connectivity index (χ1v) is 6.02. The summed E-state index contributed by atoms with van der Waals surface area (Å²) < 4.78 is 5.44. The summed E-state index contributed by atoms with van der Waals surface area (Å²) in [6.07, 6.45) is 1.75. The molecule has 0 saturated heterocycles. The van der Waals surface area contributed by atoms with Gasteiger partial charge in [0.15, 0.2) is 0 Å². The van der Waals surface area contributed by atoms with Gasteiger partial charge in [-0.2, -0.15) is 0 Å². The topological polar surface area (TPSA) is 22.1 Å². The number of benzene rings is 1. The first kappa shape index (κ1) is 12.5. The molecule has 92 valence electrons. The average molecular weight is 239 g/mol. The van der Waals surface area contributed by atoms with Gasteiger partial charge in [0.05, 0.1) is 18.9 Å². The average Bonchev–Trinajstić information content (AvgIpc) is 2.42. The minimum absolute atomic E-state index is 0.569. The fraction of sp³-hybridized carbons (Fsp3) is 0.188. The Balaban J connectivity index is 2.17. The fourth-order valence-electron chi connectivity index (χ4n) is 1.76. The van der Waals surface area contributed by atoms with Crippen molar-refractivity contribution in [1.29, 1.82) is 0 Å². The molecule has 0 amide bonds. The van der Waals surface area contributed by atoms with Crippen molar-refractivity contribution in [2.75, 3.05) is 6.61 Å². The smallest absolute Gasteiger partial charge is 0.0738 e. The highest BCUT2D eigenvalue weighted by atomic mass is 16.5. The van der Waals surface area contributed by atoms with Crippen LogP contribution in [0.2, 0.25) is 0 Å². The molecule has 0 aliphatic heterocycles. The van der Waals surface area contributed by atoms with E-state index in [1.54, 1.807) is 6.08 Å². The maximum Gasteiger partial charge on any atom is 0.0738 e. The lowest BCUT2D eigenvalue weighted by Crippen LogP contribution is -1.98. The van der Waals surface area contributed by atoms with Crippen LogP contribution in [0, 0.1) is 6.92 Å². The Morgan fingerprint density at radius 3 is 2.61 bits per heavy atom. The molecule has 2 rings (SSSR count). The fourth-order valence-corrected chi connectivity index (χ4v) is 1.76. The Bertz CT molecular complexity index is 520. The summed E-state index contributed by atoms with van der Waals surface area (Å²) in [5.74, 6) is 0. The maximum atomic E-state index is 5.44. The van der Waals surface area contributed by atoms with Crippen molar-refractivity contribution in [1.82, 2.24) is 4.98 Å². The molecular formula is C16H17NO. The minimum atomic E-state index is 0.569. The Hall–Kier alpha value is -1.93. The van der Waals surface area contributed by atoms with Crippen LogP contribution in [0.1, 0.15) is 11.3 Å². The van der Waals surface area contributed by atoms with E-state index in [1.165, 1.54) is 0 Å². The zero-order valence-corrected chi connectivity index (χ0v) is 10.6. The molecule has 1 aromatic carbocycles. The van der Waals surface area contributed by atoms with Crippen LogP contribution in [-0.2, 0) is 11.3 Å². The largest absolute Gasteiger partial charge is 0.373 e. The van der Waals surface area contributed by atoms with E-state index in [0.29, 0.717) is 13.2 Å². The summed E-state index contributed by atoms with van der Waals surface area (Å²) in [6, 6.07) is 14.3. The number of aryl methyl sites for hydroxylation is 1. The molecule has 0 bridgehead atoms. The van der Waals surface area contributed by atoms with E-state index >= 15 is 0 Å². The third-order valence-electron chi connectivity index (χ3n) is 2.76. The van der Waals surface area contributed by atoms with Crippen LogP contribution < -0.4 is 0 Å². The van der Waals surface area contributed by atoms with Crippen molar-refractivity contribution in [3.05, 3.63) is 66.4 Å². The van der Waals surface area contributed by atoms with Crippen LogP contribution in [0.15, 0.2) is 55.1 Å².